The molecule has 0 saturated carbocycles. The minimum absolute atomic E-state index is 0.151. The number of hydrogen-bond donors (Lipinski definition) is 3. The molecule has 6 nitrogen and oxygen atoms in total. The number of aromatic nitrogens is 1. The molecule has 0 bridgehead atoms. The van der Waals surface area contributed by atoms with Crippen molar-refractivity contribution in [3.05, 3.63) is 23.9 Å². The lowest BCUT2D eigenvalue weighted by molar-refractivity contribution is 0.0933. The summed E-state index contributed by atoms with van der Waals surface area (Å²) in [7, 11) is 2.05. The third kappa shape index (κ3) is 2.92. The fourth-order valence-electron chi connectivity index (χ4n) is 1.95. The fourth-order valence-corrected chi connectivity index (χ4v) is 1.95. The molecule has 4 N–H and O–H groups in total. The van der Waals surface area contributed by atoms with E-state index in [0.29, 0.717) is 11.5 Å². The van der Waals surface area contributed by atoms with Crippen molar-refractivity contribution >= 4 is 11.7 Å². The highest BCUT2D eigenvalue weighted by molar-refractivity contribution is 5.92. The lowest BCUT2D eigenvalue weighted by Crippen LogP contribution is -2.37. The molecule has 1 aromatic rings. The van der Waals surface area contributed by atoms with Crippen LogP contribution in [0.1, 0.15) is 16.9 Å². The zero-order chi connectivity index (χ0) is 12.3. The monoisotopic (exact) mass is 235 g/mol. The first-order chi connectivity index (χ1) is 8.19. The number of likely N-dealkylation sites (tertiary alicyclic amines) is 1. The second kappa shape index (κ2) is 5.11. The summed E-state index contributed by atoms with van der Waals surface area (Å²) in [6.07, 6.45) is 0.983. The number of anilines is 1. The van der Waals surface area contributed by atoms with Crippen molar-refractivity contribution in [2.75, 3.05) is 25.6 Å². The molecule has 1 unspecified atom stereocenters. The largest absolute Gasteiger partial charge is 0.347 e. The Bertz CT molecular complexity index is 409. The first-order valence-electron chi connectivity index (χ1n) is 5.62. The Labute approximate surface area is 100 Å². The van der Waals surface area contributed by atoms with Crippen LogP contribution in [0, 0.1) is 0 Å². The summed E-state index contributed by atoms with van der Waals surface area (Å²) in [6.45, 7) is 1.91. The summed E-state index contributed by atoms with van der Waals surface area (Å²) >= 11 is 0. The van der Waals surface area contributed by atoms with E-state index >= 15 is 0 Å². The molecule has 1 aliphatic heterocycles. The van der Waals surface area contributed by atoms with Gasteiger partial charge in [0.1, 0.15) is 11.5 Å². The van der Waals surface area contributed by atoms with E-state index in [4.69, 9.17) is 5.84 Å². The molecule has 0 aromatic carbocycles. The summed E-state index contributed by atoms with van der Waals surface area (Å²) in [6, 6.07) is 5.34. The number of nitrogen functional groups attached to an aromatic ring is 1. The van der Waals surface area contributed by atoms with Crippen molar-refractivity contribution in [3.63, 3.8) is 0 Å². The van der Waals surface area contributed by atoms with Crippen LogP contribution in [-0.4, -0.2) is 42.0 Å². The lowest BCUT2D eigenvalue weighted by Gasteiger charge is -2.12. The van der Waals surface area contributed by atoms with Crippen LogP contribution in [0.5, 0.6) is 0 Å². The standard InChI is InChI=1S/C11H17N5O/c1-16-6-5-8(7-16)13-11(17)9-3-2-4-10(14-9)15-12/h2-4,8H,5-7,12H2,1H3,(H,13,17)(H,14,15). The molecule has 0 spiro atoms. The first-order valence-corrected chi connectivity index (χ1v) is 5.62. The molecular weight excluding hydrogens is 218 g/mol. The minimum atomic E-state index is -0.151. The molecule has 92 valence electrons. The van der Waals surface area contributed by atoms with E-state index in [1.165, 1.54) is 0 Å². The van der Waals surface area contributed by atoms with Gasteiger partial charge in [0.25, 0.3) is 5.91 Å². The number of carbonyl (C=O) groups excluding carboxylic acids is 1. The molecule has 1 aliphatic rings. The van der Waals surface area contributed by atoms with E-state index in [0.717, 1.165) is 19.5 Å². The van der Waals surface area contributed by atoms with E-state index < -0.39 is 0 Å². The Balaban J connectivity index is 1.99. The van der Waals surface area contributed by atoms with E-state index in [9.17, 15) is 4.79 Å². The summed E-state index contributed by atoms with van der Waals surface area (Å²) in [5.74, 6) is 5.59. The van der Waals surface area contributed by atoms with E-state index in [1.807, 2.05) is 7.05 Å². The maximum Gasteiger partial charge on any atom is 0.270 e. The molecule has 1 amide bonds. The smallest absolute Gasteiger partial charge is 0.270 e. The molecule has 17 heavy (non-hydrogen) atoms. The summed E-state index contributed by atoms with van der Waals surface area (Å²) in [5.41, 5.74) is 2.81. The number of carbonyl (C=O) groups is 1. The van der Waals surface area contributed by atoms with Gasteiger partial charge in [-0.2, -0.15) is 0 Å². The molecule has 6 heteroatoms. The predicted octanol–water partition coefficient (Wildman–Crippen LogP) is -0.199. The summed E-state index contributed by atoms with van der Waals surface area (Å²) in [4.78, 5) is 18.2. The van der Waals surface area contributed by atoms with Crippen molar-refractivity contribution in [1.29, 1.82) is 0 Å². The van der Waals surface area contributed by atoms with Gasteiger partial charge in [-0.15, -0.1) is 0 Å². The maximum absolute atomic E-state index is 11.9. The second-order valence-corrected chi connectivity index (χ2v) is 4.27. The maximum atomic E-state index is 11.9. The first kappa shape index (κ1) is 11.8. The van der Waals surface area contributed by atoms with Gasteiger partial charge in [0, 0.05) is 12.6 Å². The zero-order valence-electron chi connectivity index (χ0n) is 9.81. The highest BCUT2D eigenvalue weighted by Gasteiger charge is 2.21. The van der Waals surface area contributed by atoms with Crippen molar-refractivity contribution in [1.82, 2.24) is 15.2 Å². The summed E-state index contributed by atoms with van der Waals surface area (Å²) < 4.78 is 0. The van der Waals surface area contributed by atoms with Gasteiger partial charge >= 0.3 is 0 Å². The van der Waals surface area contributed by atoms with Gasteiger partial charge in [-0.05, 0) is 32.1 Å². The van der Waals surface area contributed by atoms with Crippen LogP contribution in [0.25, 0.3) is 0 Å². The van der Waals surface area contributed by atoms with E-state index in [-0.39, 0.29) is 11.9 Å². The molecule has 2 heterocycles. The van der Waals surface area contributed by atoms with Crippen molar-refractivity contribution in [2.45, 2.75) is 12.5 Å². The third-order valence-electron chi connectivity index (χ3n) is 2.86. The van der Waals surface area contributed by atoms with Crippen LogP contribution in [0.4, 0.5) is 5.82 Å². The van der Waals surface area contributed by atoms with Crippen LogP contribution >= 0.6 is 0 Å². The number of pyridine rings is 1. The minimum Gasteiger partial charge on any atom is -0.347 e. The van der Waals surface area contributed by atoms with Crippen LogP contribution in [0.15, 0.2) is 18.2 Å². The Kier molecular flexibility index (Phi) is 3.55. The van der Waals surface area contributed by atoms with Crippen LogP contribution in [0.2, 0.25) is 0 Å². The number of nitrogens with two attached hydrogens (primary N) is 1. The quantitative estimate of drug-likeness (QED) is 0.499. The highest BCUT2D eigenvalue weighted by Crippen LogP contribution is 2.08. The third-order valence-corrected chi connectivity index (χ3v) is 2.86. The summed E-state index contributed by atoms with van der Waals surface area (Å²) in [5, 5.41) is 2.97. The second-order valence-electron chi connectivity index (χ2n) is 4.27. The van der Waals surface area contributed by atoms with Gasteiger partial charge in [-0.25, -0.2) is 10.8 Å². The number of nitrogens with one attached hydrogen (secondary N) is 2. The topological polar surface area (TPSA) is 83.3 Å². The number of likely N-dealkylation sites (N-methyl/N-ethyl adjacent to an activating group) is 1. The normalized spacial score (nSPS) is 20.2. The van der Waals surface area contributed by atoms with Crippen molar-refractivity contribution < 1.29 is 4.79 Å². The number of amides is 1. The van der Waals surface area contributed by atoms with Gasteiger partial charge in [0.2, 0.25) is 0 Å². The Morgan fingerprint density at radius 3 is 3.06 bits per heavy atom. The molecule has 0 aliphatic carbocycles. The van der Waals surface area contributed by atoms with Crippen LogP contribution < -0.4 is 16.6 Å². The van der Waals surface area contributed by atoms with E-state index in [2.05, 4.69) is 20.6 Å². The highest BCUT2D eigenvalue weighted by atomic mass is 16.2. The lowest BCUT2D eigenvalue weighted by atomic mass is 10.2. The zero-order valence-corrected chi connectivity index (χ0v) is 9.81. The average molecular weight is 235 g/mol. The molecule has 0 radical (unpaired) electrons. The molecule has 1 saturated heterocycles. The van der Waals surface area contributed by atoms with Gasteiger partial charge in [0.05, 0.1) is 0 Å². The molecule has 1 aromatic heterocycles. The molecule has 1 fully saturated rings. The molecular formula is C11H17N5O. The number of hydrogen-bond acceptors (Lipinski definition) is 5. The number of nitrogens with zero attached hydrogens (tertiary/aromatic N) is 2. The van der Waals surface area contributed by atoms with Gasteiger partial charge in [-0.1, -0.05) is 6.07 Å². The molecule has 2 rings (SSSR count). The van der Waals surface area contributed by atoms with Crippen LogP contribution in [0.3, 0.4) is 0 Å². The van der Waals surface area contributed by atoms with Gasteiger partial charge in [-0.3, -0.25) is 4.79 Å². The van der Waals surface area contributed by atoms with E-state index in [1.54, 1.807) is 18.2 Å². The van der Waals surface area contributed by atoms with Gasteiger partial charge < -0.3 is 15.6 Å². The number of hydrazine groups is 1. The molecule has 1 atom stereocenters. The van der Waals surface area contributed by atoms with Crippen LogP contribution in [-0.2, 0) is 0 Å². The fraction of sp³-hybridized carbons (Fsp3) is 0.455. The Morgan fingerprint density at radius 2 is 2.41 bits per heavy atom. The van der Waals surface area contributed by atoms with Crippen molar-refractivity contribution in [2.24, 2.45) is 5.84 Å². The number of rotatable bonds is 3. The average Bonchev–Trinajstić information content (AvgIpc) is 2.75. The van der Waals surface area contributed by atoms with Gasteiger partial charge in [0.15, 0.2) is 0 Å². The predicted molar refractivity (Wildman–Crippen MR) is 65.4 cm³/mol. The Hall–Kier alpha value is -1.66. The van der Waals surface area contributed by atoms with Crippen molar-refractivity contribution in [3.8, 4) is 0 Å². The SMILES string of the molecule is CN1CCC(NC(=O)c2cccc(NN)n2)C1. The Morgan fingerprint density at radius 1 is 1.59 bits per heavy atom.